The molecule has 1 saturated carbocycles. The van der Waals surface area contributed by atoms with Gasteiger partial charge in [0.2, 0.25) is 5.91 Å². The zero-order chi connectivity index (χ0) is 11.1. The number of hydrogen-bond acceptors (Lipinski definition) is 4. The van der Waals surface area contributed by atoms with Crippen LogP contribution in [-0.4, -0.2) is 17.5 Å². The van der Waals surface area contributed by atoms with E-state index in [9.17, 15) is 4.79 Å². The average Bonchev–Trinajstić information content (AvgIpc) is 2.87. The molecule has 5 heteroatoms. The van der Waals surface area contributed by atoms with Crippen molar-refractivity contribution in [1.82, 2.24) is 4.98 Å². The Kier molecular flexibility index (Phi) is 2.44. The Balaban J connectivity index is 1.70. The molecule has 3 rings (SSSR count). The fourth-order valence-electron chi connectivity index (χ4n) is 1.96. The van der Waals surface area contributed by atoms with Crippen LogP contribution in [0.4, 0.5) is 5.13 Å². The fourth-order valence-corrected chi connectivity index (χ4v) is 2.91. The van der Waals surface area contributed by atoms with Gasteiger partial charge in [-0.2, -0.15) is 0 Å². The molecule has 0 spiro atoms. The van der Waals surface area contributed by atoms with Crippen LogP contribution in [-0.2, 0) is 22.6 Å². The lowest BCUT2D eigenvalue weighted by atomic mass is 10.2. The zero-order valence-electron chi connectivity index (χ0n) is 9.16. The topological polar surface area (TPSA) is 51.2 Å². The number of nitrogens with one attached hydrogen (secondary N) is 1. The van der Waals surface area contributed by atoms with Gasteiger partial charge in [0, 0.05) is 12.3 Å². The third-order valence-electron chi connectivity index (χ3n) is 3.17. The van der Waals surface area contributed by atoms with Gasteiger partial charge in [-0.25, -0.2) is 4.98 Å². The van der Waals surface area contributed by atoms with Crippen molar-refractivity contribution in [3.63, 3.8) is 0 Å². The van der Waals surface area contributed by atoms with Crippen LogP contribution in [0.1, 0.15) is 23.9 Å². The molecular weight excluding hydrogens is 224 g/mol. The minimum Gasteiger partial charge on any atom is -0.375 e. The summed E-state index contributed by atoms with van der Waals surface area (Å²) in [6.45, 7) is 3.48. The van der Waals surface area contributed by atoms with Crippen LogP contribution in [0, 0.1) is 11.8 Å². The summed E-state index contributed by atoms with van der Waals surface area (Å²) in [5, 5.41) is 3.64. The van der Waals surface area contributed by atoms with Gasteiger partial charge in [-0.1, -0.05) is 18.3 Å². The lowest BCUT2D eigenvalue weighted by Crippen LogP contribution is -2.14. The molecule has 0 aromatic carbocycles. The molecule has 86 valence electrons. The van der Waals surface area contributed by atoms with Crippen molar-refractivity contribution in [1.29, 1.82) is 0 Å². The standard InChI is InChI=1S/C11H14N2O2S/c1-6-4-7(6)10(14)13-11-12-8-2-3-15-5-9(8)16-11/h6-7H,2-5H2,1H3,(H,12,13,14)/t6-,7-/m0/s1. The largest absolute Gasteiger partial charge is 0.375 e. The highest BCUT2D eigenvalue weighted by Gasteiger charge is 2.39. The molecule has 1 aliphatic carbocycles. The zero-order valence-corrected chi connectivity index (χ0v) is 9.97. The molecule has 1 fully saturated rings. The first kappa shape index (κ1) is 10.2. The van der Waals surface area contributed by atoms with Crippen molar-refractivity contribution >= 4 is 22.4 Å². The Morgan fingerprint density at radius 1 is 1.62 bits per heavy atom. The highest BCUT2D eigenvalue weighted by atomic mass is 32.1. The summed E-state index contributed by atoms with van der Waals surface area (Å²) in [7, 11) is 0. The van der Waals surface area contributed by atoms with E-state index in [0.717, 1.165) is 35.2 Å². The van der Waals surface area contributed by atoms with E-state index < -0.39 is 0 Å². The summed E-state index contributed by atoms with van der Waals surface area (Å²) < 4.78 is 5.35. The minimum absolute atomic E-state index is 0.125. The number of ether oxygens (including phenoxy) is 1. The number of thiazole rings is 1. The summed E-state index contributed by atoms with van der Waals surface area (Å²) in [5.74, 6) is 0.870. The molecular formula is C11H14N2O2S. The predicted molar refractivity (Wildman–Crippen MR) is 61.4 cm³/mol. The number of carbonyl (C=O) groups excluding carboxylic acids is 1. The molecule has 0 radical (unpaired) electrons. The highest BCUT2D eigenvalue weighted by molar-refractivity contribution is 7.15. The third-order valence-corrected chi connectivity index (χ3v) is 4.16. The number of anilines is 1. The van der Waals surface area contributed by atoms with Gasteiger partial charge in [-0.15, -0.1) is 0 Å². The molecule has 0 bridgehead atoms. The molecule has 1 amide bonds. The Labute approximate surface area is 98.0 Å². The van der Waals surface area contributed by atoms with Crippen LogP contribution >= 0.6 is 11.3 Å². The monoisotopic (exact) mass is 238 g/mol. The quantitative estimate of drug-likeness (QED) is 0.855. The van der Waals surface area contributed by atoms with Gasteiger partial charge in [0.15, 0.2) is 5.13 Å². The first-order chi connectivity index (χ1) is 7.74. The van der Waals surface area contributed by atoms with Gasteiger partial charge in [0.25, 0.3) is 0 Å². The highest BCUT2D eigenvalue weighted by Crippen LogP contribution is 2.39. The molecule has 2 atom stereocenters. The molecule has 2 heterocycles. The molecule has 1 aromatic rings. The number of nitrogens with zero attached hydrogens (tertiary/aromatic N) is 1. The first-order valence-corrected chi connectivity index (χ1v) is 6.43. The Morgan fingerprint density at radius 3 is 3.12 bits per heavy atom. The Morgan fingerprint density at radius 2 is 2.44 bits per heavy atom. The number of amides is 1. The minimum atomic E-state index is 0.125. The van der Waals surface area contributed by atoms with Crippen molar-refractivity contribution < 1.29 is 9.53 Å². The lowest BCUT2D eigenvalue weighted by molar-refractivity contribution is -0.117. The number of carbonyl (C=O) groups is 1. The summed E-state index contributed by atoms with van der Waals surface area (Å²) in [4.78, 5) is 17.3. The van der Waals surface area contributed by atoms with Crippen molar-refractivity contribution in [3.05, 3.63) is 10.6 Å². The summed E-state index contributed by atoms with van der Waals surface area (Å²) >= 11 is 1.54. The summed E-state index contributed by atoms with van der Waals surface area (Å²) in [6.07, 6.45) is 1.88. The van der Waals surface area contributed by atoms with E-state index in [1.807, 2.05) is 0 Å². The maximum absolute atomic E-state index is 11.7. The molecule has 1 aromatic heterocycles. The number of fused-ring (bicyclic) bond motifs is 1. The van der Waals surface area contributed by atoms with Crippen LogP contribution in [0.5, 0.6) is 0 Å². The maximum Gasteiger partial charge on any atom is 0.229 e. The van der Waals surface area contributed by atoms with Gasteiger partial charge in [-0.05, 0) is 12.3 Å². The number of aromatic nitrogens is 1. The second-order valence-corrected chi connectivity index (χ2v) is 5.58. The first-order valence-electron chi connectivity index (χ1n) is 5.61. The SMILES string of the molecule is C[C@H]1C[C@@H]1C(=O)Nc1nc2c(s1)COCC2. The molecule has 4 nitrogen and oxygen atoms in total. The Bertz CT molecular complexity index is 406. The van der Waals surface area contributed by atoms with Crippen molar-refractivity contribution in [3.8, 4) is 0 Å². The van der Waals surface area contributed by atoms with Gasteiger partial charge in [0.05, 0.1) is 23.8 Å². The van der Waals surface area contributed by atoms with Gasteiger partial charge >= 0.3 is 0 Å². The van der Waals surface area contributed by atoms with Crippen LogP contribution in [0.2, 0.25) is 0 Å². The molecule has 0 unspecified atom stereocenters. The molecule has 1 aliphatic heterocycles. The summed E-state index contributed by atoms with van der Waals surface area (Å²) in [5.41, 5.74) is 1.09. The summed E-state index contributed by atoms with van der Waals surface area (Å²) in [6, 6.07) is 0. The van der Waals surface area contributed by atoms with Gasteiger partial charge in [-0.3, -0.25) is 4.79 Å². The fraction of sp³-hybridized carbons (Fsp3) is 0.636. The van der Waals surface area contributed by atoms with E-state index in [1.165, 1.54) is 0 Å². The normalized spacial score (nSPS) is 27.3. The number of hydrogen-bond donors (Lipinski definition) is 1. The molecule has 16 heavy (non-hydrogen) atoms. The number of rotatable bonds is 2. The van der Waals surface area contributed by atoms with Crippen molar-refractivity contribution in [2.75, 3.05) is 11.9 Å². The second kappa shape index (κ2) is 3.82. The van der Waals surface area contributed by atoms with Gasteiger partial charge in [0.1, 0.15) is 0 Å². The van der Waals surface area contributed by atoms with Crippen molar-refractivity contribution in [2.45, 2.75) is 26.4 Å². The molecule has 0 saturated heterocycles. The van der Waals surface area contributed by atoms with Gasteiger partial charge < -0.3 is 10.1 Å². The van der Waals surface area contributed by atoms with E-state index in [4.69, 9.17) is 4.74 Å². The lowest BCUT2D eigenvalue weighted by Gasteiger charge is -2.08. The van der Waals surface area contributed by atoms with Crippen LogP contribution in [0.25, 0.3) is 0 Å². The van der Waals surface area contributed by atoms with E-state index in [1.54, 1.807) is 11.3 Å². The maximum atomic E-state index is 11.7. The smallest absolute Gasteiger partial charge is 0.229 e. The molecule has 1 N–H and O–H groups in total. The van der Waals surface area contributed by atoms with Crippen molar-refractivity contribution in [2.24, 2.45) is 11.8 Å². The van der Waals surface area contributed by atoms with E-state index >= 15 is 0 Å². The van der Waals surface area contributed by atoms with E-state index in [2.05, 4.69) is 17.2 Å². The third kappa shape index (κ3) is 1.85. The van der Waals surface area contributed by atoms with Crippen LogP contribution in [0.3, 0.4) is 0 Å². The predicted octanol–water partition coefficient (Wildman–Crippen LogP) is 1.81. The van der Waals surface area contributed by atoms with Crippen LogP contribution in [0.15, 0.2) is 0 Å². The Hall–Kier alpha value is -0.940. The van der Waals surface area contributed by atoms with E-state index in [0.29, 0.717) is 12.5 Å². The second-order valence-electron chi connectivity index (χ2n) is 4.50. The van der Waals surface area contributed by atoms with Crippen LogP contribution < -0.4 is 5.32 Å². The average molecular weight is 238 g/mol. The van der Waals surface area contributed by atoms with E-state index in [-0.39, 0.29) is 11.8 Å². The molecule has 2 aliphatic rings.